The first kappa shape index (κ1) is 60.7. The Kier molecular flexibility index (Phi) is 19.6. The van der Waals surface area contributed by atoms with E-state index in [0.717, 1.165) is 184 Å². The van der Waals surface area contributed by atoms with E-state index < -0.39 is 0 Å². The summed E-state index contributed by atoms with van der Waals surface area (Å²) >= 11 is 4.52. The number of aromatic amines is 3. The van der Waals surface area contributed by atoms with Gasteiger partial charge in [0.05, 0.1) is 60.2 Å². The molecule has 21 nitrogen and oxygen atoms in total. The van der Waals surface area contributed by atoms with Crippen LogP contribution in [0.2, 0.25) is 0 Å². The molecule has 3 amide bonds. The summed E-state index contributed by atoms with van der Waals surface area (Å²) in [4.78, 5) is 67.9. The molecule has 3 aromatic carbocycles. The number of hydrogen-bond acceptors (Lipinski definition) is 18. The van der Waals surface area contributed by atoms with E-state index in [4.69, 9.17) is 14.5 Å². The number of aryl methyl sites for hydroxylation is 3. The van der Waals surface area contributed by atoms with E-state index in [0.29, 0.717) is 48.3 Å². The average molecular weight is 1250 g/mol. The highest BCUT2D eigenvalue weighted by molar-refractivity contribution is 7.15. The lowest BCUT2D eigenvalue weighted by Crippen LogP contribution is -2.37. The lowest BCUT2D eigenvalue weighted by atomic mass is 9.90. The number of carbonyl (C=O) groups excluding carboxylic acids is 3. The van der Waals surface area contributed by atoms with Gasteiger partial charge in [0, 0.05) is 38.6 Å². The number of thiophene rings is 3. The number of amides is 3. The summed E-state index contributed by atoms with van der Waals surface area (Å²) in [6.07, 6.45) is 13.4. The molecule has 0 saturated carbocycles. The number of rotatable bonds is 26. The molecule has 7 aromatic heterocycles. The van der Waals surface area contributed by atoms with Crippen LogP contribution >= 0.6 is 34.0 Å². The van der Waals surface area contributed by atoms with E-state index in [-0.39, 0.29) is 37.0 Å². The summed E-state index contributed by atoms with van der Waals surface area (Å²) in [5.41, 5.74) is 10.1. The van der Waals surface area contributed by atoms with Crippen LogP contribution in [0.4, 0.5) is 15.0 Å². The topological polar surface area (TPSA) is 263 Å². The molecule has 9 heterocycles. The molecule has 0 aliphatic carbocycles. The van der Waals surface area contributed by atoms with Gasteiger partial charge in [-0.05, 0) is 177 Å². The first-order valence-corrected chi connectivity index (χ1v) is 33.0. The molecule has 0 spiro atoms. The van der Waals surface area contributed by atoms with Crippen LogP contribution in [0.25, 0.3) is 45.2 Å². The van der Waals surface area contributed by atoms with Gasteiger partial charge < -0.3 is 35.2 Å². The van der Waals surface area contributed by atoms with E-state index in [1.165, 1.54) is 40.3 Å². The lowest BCUT2D eigenvalue weighted by molar-refractivity contribution is -0.116. The van der Waals surface area contributed by atoms with Crippen molar-refractivity contribution in [3.63, 3.8) is 0 Å². The zero-order valence-electron chi connectivity index (χ0n) is 50.1. The Bertz CT molecular complexity index is 4000. The maximum Gasteiger partial charge on any atom is 0.229 e. The number of H-pyrrole nitrogens is 3. The van der Waals surface area contributed by atoms with Gasteiger partial charge in [0.1, 0.15) is 44.5 Å². The Morgan fingerprint density at radius 1 is 0.584 bits per heavy atom. The molecule has 0 radical (unpaired) electrons. The summed E-state index contributed by atoms with van der Waals surface area (Å²) in [5, 5.41) is 39.9. The van der Waals surface area contributed by atoms with Crippen molar-refractivity contribution in [3.05, 3.63) is 147 Å². The Labute approximate surface area is 528 Å². The number of nitrogens with one attached hydrogen (secondary N) is 6. The van der Waals surface area contributed by atoms with E-state index in [1.54, 1.807) is 12.4 Å². The van der Waals surface area contributed by atoms with Crippen LogP contribution in [-0.4, -0.2) is 136 Å². The molecule has 2 fully saturated rings. The Morgan fingerprint density at radius 2 is 1.11 bits per heavy atom. The van der Waals surface area contributed by atoms with Crippen molar-refractivity contribution in [2.24, 2.45) is 11.8 Å². The van der Waals surface area contributed by atoms with Crippen LogP contribution in [0, 0.1) is 32.6 Å². The van der Waals surface area contributed by atoms with Crippen molar-refractivity contribution < 1.29 is 23.9 Å². The minimum atomic E-state index is -0.129. The number of para-hydroxylation sites is 1. The quantitative estimate of drug-likeness (QED) is 0.0275. The number of nitrogens with zero attached hydrogens (tertiary/aromatic N) is 10. The van der Waals surface area contributed by atoms with Crippen LogP contribution in [0.15, 0.2) is 102 Å². The highest BCUT2D eigenvalue weighted by Crippen LogP contribution is 2.41. The number of aromatic nitrogens is 11. The molecule has 10 aromatic rings. The Balaban J connectivity index is 0.564. The number of carbonyl (C=O) groups is 3. The van der Waals surface area contributed by atoms with Crippen LogP contribution < -0.4 is 25.4 Å². The molecule has 6 N–H and O–H groups in total. The molecule has 2 aliphatic heterocycles. The summed E-state index contributed by atoms with van der Waals surface area (Å²) in [5.74, 6) is 5.37. The maximum atomic E-state index is 13.7. The first-order valence-electron chi connectivity index (χ1n) is 30.4. The van der Waals surface area contributed by atoms with Gasteiger partial charge >= 0.3 is 0 Å². The molecule has 2 aliphatic rings. The number of benzene rings is 3. The normalized spacial score (nSPS) is 15.5. The smallest absolute Gasteiger partial charge is 0.229 e. The van der Waals surface area contributed by atoms with E-state index in [1.807, 2.05) is 92.9 Å². The zero-order valence-corrected chi connectivity index (χ0v) is 52.6. The summed E-state index contributed by atoms with van der Waals surface area (Å²) in [6, 6.07) is 21.3. The standard InChI is InChI=1S/C65H72N16O5S3/c1-40-36-87-63(56(40)61-70-41(2)75-78-61)72-53(82)31-43-13-17-50(18-14-43)85-27-7-25-80-23-5-9-45(34-80)29-48-37-88-64(57(48)60-68-39-69-77-60)73-54(83)32-44-15-19-51(20-16-44)86-28-8-26-81-24-6-10-46(35-81)30-49-38-89-65(58(49)62-71-42(3)76-79-62)74-55(84)33-47-11-4-12-52-59(47)67-22-21-66-52/h4,11-22,36-39,45-46H,5-10,23-35H2,1-3H3,(H,72,82)(H,73,83)(H,74,84)(H,68,69,77)(H,70,75,78)(H,71,76,79). The maximum absolute atomic E-state index is 13.7. The molecule has 2 unspecified atom stereocenters. The van der Waals surface area contributed by atoms with Gasteiger partial charge in [0.25, 0.3) is 0 Å². The molecule has 0 bridgehead atoms. The minimum Gasteiger partial charge on any atom is -0.494 e. The minimum absolute atomic E-state index is 0.101. The van der Waals surface area contributed by atoms with Crippen molar-refractivity contribution in [3.8, 4) is 45.7 Å². The number of piperidine rings is 2. The fourth-order valence-corrected chi connectivity index (χ4v) is 15.0. The first-order chi connectivity index (χ1) is 43.5. The largest absolute Gasteiger partial charge is 0.494 e. The van der Waals surface area contributed by atoms with Gasteiger partial charge in [-0.3, -0.25) is 39.6 Å². The van der Waals surface area contributed by atoms with Gasteiger partial charge in [-0.15, -0.1) is 34.0 Å². The lowest BCUT2D eigenvalue weighted by Gasteiger charge is -2.32. The molecule has 2 saturated heterocycles. The second kappa shape index (κ2) is 28.7. The average Bonchev–Trinajstić information content (AvgIpc) is 2.61. The summed E-state index contributed by atoms with van der Waals surface area (Å²) < 4.78 is 12.4. The highest BCUT2D eigenvalue weighted by Gasteiger charge is 2.28. The third kappa shape index (κ3) is 15.7. The summed E-state index contributed by atoms with van der Waals surface area (Å²) in [7, 11) is 0. The fraction of sp³-hybridized carbons (Fsp3) is 0.369. The molecular formula is C65H72N16O5S3. The van der Waals surface area contributed by atoms with Gasteiger partial charge in [0.15, 0.2) is 17.5 Å². The Hall–Kier alpha value is -8.55. The second-order valence-corrected chi connectivity index (χ2v) is 25.7. The third-order valence-corrected chi connectivity index (χ3v) is 19.2. The Morgan fingerprint density at radius 3 is 1.67 bits per heavy atom. The number of hydrogen-bond donors (Lipinski definition) is 6. The number of anilines is 3. The van der Waals surface area contributed by atoms with Gasteiger partial charge in [-0.25, -0.2) is 15.0 Å². The number of likely N-dealkylation sites (tertiary alicyclic amines) is 2. The zero-order chi connectivity index (χ0) is 61.1. The van der Waals surface area contributed by atoms with Gasteiger partial charge in [0.2, 0.25) is 17.7 Å². The van der Waals surface area contributed by atoms with Crippen molar-refractivity contribution in [1.29, 1.82) is 0 Å². The van der Waals surface area contributed by atoms with E-state index in [9.17, 15) is 14.4 Å². The summed E-state index contributed by atoms with van der Waals surface area (Å²) in [6.45, 7) is 12.8. The van der Waals surface area contributed by atoms with Gasteiger partial charge in [-0.1, -0.05) is 36.4 Å². The van der Waals surface area contributed by atoms with Crippen molar-refractivity contribution in [1.82, 2.24) is 65.3 Å². The van der Waals surface area contributed by atoms with Crippen molar-refractivity contribution in [2.75, 3.05) is 68.4 Å². The molecular weight excluding hydrogens is 1180 g/mol. The number of ether oxygens (including phenoxy) is 2. The SMILES string of the molecule is Cc1nc(-c2c(C)csc2NC(=O)Cc2ccc(OCCCN3CCCC(Cc4csc(NC(=O)Cc5ccc(OCCCN6CCCC(Cc7csc(NC(=O)Cc8cccc9nccnc89)c7-c7n[nH]c(C)n7)C6)cc5)c4-c4ncn[nH]4)C3)cc2)n[nH]1. The molecule has 12 rings (SSSR count). The third-order valence-electron chi connectivity index (χ3n) is 16.3. The van der Waals surface area contributed by atoms with Crippen molar-refractivity contribution in [2.45, 2.75) is 91.4 Å². The second-order valence-electron chi connectivity index (χ2n) is 23.1. The van der Waals surface area contributed by atoms with Crippen molar-refractivity contribution >= 4 is 77.8 Å². The monoisotopic (exact) mass is 1250 g/mol. The molecule has 2 atom stereocenters. The predicted molar refractivity (Wildman–Crippen MR) is 349 cm³/mol. The van der Waals surface area contributed by atoms with Crippen LogP contribution in [-0.2, 0) is 46.5 Å². The van der Waals surface area contributed by atoms with E-state index in [2.05, 4.69) is 87.0 Å². The predicted octanol–water partition coefficient (Wildman–Crippen LogP) is 11.1. The van der Waals surface area contributed by atoms with Crippen LogP contribution in [0.3, 0.4) is 0 Å². The highest BCUT2D eigenvalue weighted by atomic mass is 32.1. The number of fused-ring (bicyclic) bond motifs is 1. The molecule has 24 heteroatoms. The van der Waals surface area contributed by atoms with Crippen LogP contribution in [0.5, 0.6) is 11.5 Å². The van der Waals surface area contributed by atoms with Crippen LogP contribution in [0.1, 0.15) is 83.6 Å². The molecule has 460 valence electrons. The van der Waals surface area contributed by atoms with E-state index >= 15 is 0 Å². The molecule has 89 heavy (non-hydrogen) atoms. The fourth-order valence-electron chi connectivity index (χ4n) is 12.1. The van der Waals surface area contributed by atoms with Gasteiger partial charge in [-0.2, -0.15) is 15.3 Å².